The number of ether oxygens (including phenoxy) is 1. The highest BCUT2D eigenvalue weighted by molar-refractivity contribution is 5.80. The number of nitrogens with zero attached hydrogens (tertiary/aromatic N) is 2. The molecule has 6 heteroatoms. The highest BCUT2D eigenvalue weighted by Gasteiger charge is 2.13. The Morgan fingerprint density at radius 3 is 2.95 bits per heavy atom. The molecule has 20 heavy (non-hydrogen) atoms. The first-order valence-electron chi connectivity index (χ1n) is 6.82. The molecule has 0 unspecified atom stereocenters. The molecular formula is C14H24N4O2. The van der Waals surface area contributed by atoms with Gasteiger partial charge >= 0.3 is 0 Å². The highest BCUT2D eigenvalue weighted by atomic mass is 16.5. The van der Waals surface area contributed by atoms with E-state index in [0.717, 1.165) is 24.5 Å². The lowest BCUT2D eigenvalue weighted by atomic mass is 10.2. The molecule has 0 saturated heterocycles. The smallest absolute Gasteiger partial charge is 0.239 e. The van der Waals surface area contributed by atoms with E-state index in [9.17, 15) is 4.79 Å². The molecular weight excluding hydrogens is 256 g/mol. The summed E-state index contributed by atoms with van der Waals surface area (Å²) in [6.07, 6.45) is 1.75. The van der Waals surface area contributed by atoms with Gasteiger partial charge in [-0.05, 0) is 13.0 Å². The number of aromatic nitrogens is 1. The molecule has 0 spiro atoms. The van der Waals surface area contributed by atoms with Gasteiger partial charge in [0.25, 0.3) is 0 Å². The van der Waals surface area contributed by atoms with Crippen LogP contribution in [0.25, 0.3) is 0 Å². The topological polar surface area (TPSA) is 66.5 Å². The molecule has 2 N–H and O–H groups in total. The molecule has 0 aliphatic heterocycles. The molecule has 1 aromatic heterocycles. The summed E-state index contributed by atoms with van der Waals surface area (Å²) in [6.45, 7) is 5.22. The van der Waals surface area contributed by atoms with Crippen LogP contribution in [0.3, 0.4) is 0 Å². The van der Waals surface area contributed by atoms with Gasteiger partial charge in [0.15, 0.2) is 0 Å². The Hall–Kier alpha value is -1.66. The van der Waals surface area contributed by atoms with Crippen LogP contribution in [0.15, 0.2) is 18.3 Å². The maximum Gasteiger partial charge on any atom is 0.239 e. The molecule has 0 aliphatic carbocycles. The van der Waals surface area contributed by atoms with Crippen molar-refractivity contribution in [2.75, 3.05) is 45.3 Å². The molecule has 1 aromatic rings. The fourth-order valence-corrected chi connectivity index (χ4v) is 1.84. The van der Waals surface area contributed by atoms with E-state index in [1.54, 1.807) is 20.4 Å². The van der Waals surface area contributed by atoms with Gasteiger partial charge in [-0.25, -0.2) is 4.98 Å². The zero-order valence-electron chi connectivity index (χ0n) is 12.5. The van der Waals surface area contributed by atoms with Gasteiger partial charge in [0.2, 0.25) is 5.91 Å². The van der Waals surface area contributed by atoms with E-state index in [0.29, 0.717) is 19.7 Å². The van der Waals surface area contributed by atoms with Crippen LogP contribution in [0.1, 0.15) is 12.5 Å². The van der Waals surface area contributed by atoms with Gasteiger partial charge in [0, 0.05) is 45.6 Å². The number of amides is 1. The van der Waals surface area contributed by atoms with Crippen molar-refractivity contribution in [2.24, 2.45) is 0 Å². The zero-order valence-corrected chi connectivity index (χ0v) is 12.5. The van der Waals surface area contributed by atoms with E-state index in [1.165, 1.54) is 0 Å². The summed E-state index contributed by atoms with van der Waals surface area (Å²) >= 11 is 0. The number of rotatable bonds is 9. The molecule has 0 saturated carbocycles. The predicted molar refractivity (Wildman–Crippen MR) is 79.8 cm³/mol. The average molecular weight is 280 g/mol. The maximum atomic E-state index is 11.6. The summed E-state index contributed by atoms with van der Waals surface area (Å²) in [6, 6.07) is 3.93. The summed E-state index contributed by atoms with van der Waals surface area (Å²) in [7, 11) is 3.32. The Labute approximate surface area is 120 Å². The van der Waals surface area contributed by atoms with Crippen molar-refractivity contribution in [1.82, 2.24) is 15.6 Å². The third-order valence-electron chi connectivity index (χ3n) is 2.96. The molecule has 0 aromatic carbocycles. The summed E-state index contributed by atoms with van der Waals surface area (Å²) in [5.41, 5.74) is 1.08. The summed E-state index contributed by atoms with van der Waals surface area (Å²) in [4.78, 5) is 17.9. The second kappa shape index (κ2) is 9.28. The Morgan fingerprint density at radius 1 is 1.50 bits per heavy atom. The first-order valence-corrected chi connectivity index (χ1v) is 6.82. The molecule has 1 amide bonds. The monoisotopic (exact) mass is 280 g/mol. The normalized spacial score (nSPS) is 10.3. The number of anilines is 1. The van der Waals surface area contributed by atoms with Crippen molar-refractivity contribution in [2.45, 2.75) is 13.5 Å². The van der Waals surface area contributed by atoms with Gasteiger partial charge in [-0.15, -0.1) is 0 Å². The molecule has 1 heterocycles. The number of nitrogens with one attached hydrogen (secondary N) is 2. The Morgan fingerprint density at radius 2 is 2.30 bits per heavy atom. The van der Waals surface area contributed by atoms with E-state index >= 15 is 0 Å². The quantitative estimate of drug-likeness (QED) is 0.641. The Kier molecular flexibility index (Phi) is 7.60. The number of pyridine rings is 1. The minimum Gasteiger partial charge on any atom is -0.383 e. The van der Waals surface area contributed by atoms with Gasteiger partial charge in [0.1, 0.15) is 5.82 Å². The standard InChI is InChI=1S/C14H24N4O2/c1-4-18(11-13(19)15-2)14-12(6-5-7-17-14)10-16-8-9-20-3/h5-7,16H,4,8-11H2,1-3H3,(H,15,19). The molecule has 0 fully saturated rings. The molecule has 0 aliphatic rings. The van der Waals surface area contributed by atoms with Crippen LogP contribution < -0.4 is 15.5 Å². The third-order valence-corrected chi connectivity index (χ3v) is 2.96. The predicted octanol–water partition coefficient (Wildman–Crippen LogP) is 0.390. The van der Waals surface area contributed by atoms with Crippen molar-refractivity contribution in [1.29, 1.82) is 0 Å². The van der Waals surface area contributed by atoms with Gasteiger partial charge in [0.05, 0.1) is 13.2 Å². The van der Waals surface area contributed by atoms with Crippen molar-refractivity contribution in [3.05, 3.63) is 23.9 Å². The maximum absolute atomic E-state index is 11.6. The lowest BCUT2D eigenvalue weighted by Crippen LogP contribution is -2.36. The van der Waals surface area contributed by atoms with Gasteiger partial charge < -0.3 is 20.3 Å². The van der Waals surface area contributed by atoms with Gasteiger partial charge in [-0.3, -0.25) is 4.79 Å². The number of carbonyl (C=O) groups is 1. The fraction of sp³-hybridized carbons (Fsp3) is 0.571. The van der Waals surface area contributed by atoms with E-state index < -0.39 is 0 Å². The summed E-state index contributed by atoms with van der Waals surface area (Å²) < 4.78 is 5.00. The minimum atomic E-state index is -0.0178. The number of likely N-dealkylation sites (N-methyl/N-ethyl adjacent to an activating group) is 2. The van der Waals surface area contributed by atoms with Crippen LogP contribution in [0, 0.1) is 0 Å². The van der Waals surface area contributed by atoms with Gasteiger partial charge in [-0.2, -0.15) is 0 Å². The van der Waals surface area contributed by atoms with E-state index in [2.05, 4.69) is 15.6 Å². The molecule has 0 bridgehead atoms. The van der Waals surface area contributed by atoms with E-state index in [4.69, 9.17) is 4.74 Å². The van der Waals surface area contributed by atoms with Crippen LogP contribution in [0.2, 0.25) is 0 Å². The van der Waals surface area contributed by atoms with Crippen molar-refractivity contribution < 1.29 is 9.53 Å². The fourth-order valence-electron chi connectivity index (χ4n) is 1.84. The second-order valence-corrected chi connectivity index (χ2v) is 4.34. The highest BCUT2D eigenvalue weighted by Crippen LogP contribution is 2.16. The third kappa shape index (κ3) is 5.14. The summed E-state index contributed by atoms with van der Waals surface area (Å²) in [5.74, 6) is 0.833. The number of methoxy groups -OCH3 is 1. The van der Waals surface area contributed by atoms with Crippen LogP contribution in [-0.2, 0) is 16.1 Å². The number of carbonyl (C=O) groups excluding carboxylic acids is 1. The first kappa shape index (κ1) is 16.4. The first-order chi connectivity index (χ1) is 9.72. The molecule has 1 rings (SSSR count). The van der Waals surface area contributed by atoms with Gasteiger partial charge in [-0.1, -0.05) is 6.07 Å². The Balaban J connectivity index is 2.73. The number of hydrogen-bond acceptors (Lipinski definition) is 5. The van der Waals surface area contributed by atoms with Crippen molar-refractivity contribution in [3.63, 3.8) is 0 Å². The average Bonchev–Trinajstić information content (AvgIpc) is 2.49. The lowest BCUT2D eigenvalue weighted by Gasteiger charge is -2.23. The van der Waals surface area contributed by atoms with E-state index in [1.807, 2.05) is 24.0 Å². The number of hydrogen-bond donors (Lipinski definition) is 2. The molecule has 0 radical (unpaired) electrons. The summed E-state index contributed by atoms with van der Waals surface area (Å²) in [5, 5.41) is 5.94. The molecule has 6 nitrogen and oxygen atoms in total. The van der Waals surface area contributed by atoms with Crippen molar-refractivity contribution >= 4 is 11.7 Å². The largest absolute Gasteiger partial charge is 0.383 e. The van der Waals surface area contributed by atoms with Crippen LogP contribution >= 0.6 is 0 Å². The van der Waals surface area contributed by atoms with Crippen LogP contribution in [0.5, 0.6) is 0 Å². The minimum absolute atomic E-state index is 0.0178. The Bertz CT molecular complexity index is 412. The molecule has 0 atom stereocenters. The van der Waals surface area contributed by atoms with Crippen LogP contribution in [0.4, 0.5) is 5.82 Å². The zero-order chi connectivity index (χ0) is 14.8. The second-order valence-electron chi connectivity index (χ2n) is 4.34. The van der Waals surface area contributed by atoms with E-state index in [-0.39, 0.29) is 5.91 Å². The molecule has 112 valence electrons. The van der Waals surface area contributed by atoms with Crippen molar-refractivity contribution in [3.8, 4) is 0 Å². The lowest BCUT2D eigenvalue weighted by molar-refractivity contribution is -0.119. The van der Waals surface area contributed by atoms with Crippen LogP contribution in [-0.4, -0.2) is 51.3 Å². The SMILES string of the molecule is CCN(CC(=O)NC)c1ncccc1CNCCOC.